The Hall–Kier alpha value is -1.71. The number of benzene rings is 1. The summed E-state index contributed by atoms with van der Waals surface area (Å²) in [5, 5.41) is 9.51. The van der Waals surface area contributed by atoms with E-state index in [1.54, 1.807) is 22.8 Å². The highest BCUT2D eigenvalue weighted by Crippen LogP contribution is 2.31. The second-order valence-corrected chi connectivity index (χ2v) is 8.10. The van der Waals surface area contributed by atoms with Crippen LogP contribution in [0.15, 0.2) is 34.6 Å². The minimum Gasteiger partial charge on any atom is -0.328 e. The summed E-state index contributed by atoms with van der Waals surface area (Å²) in [5.41, 5.74) is 1.05. The summed E-state index contributed by atoms with van der Waals surface area (Å²) in [7, 11) is 0. The number of nitrogens with zero attached hydrogens (tertiary/aromatic N) is 3. The Kier molecular flexibility index (Phi) is 6.57. The van der Waals surface area contributed by atoms with Crippen LogP contribution in [-0.2, 0) is 6.54 Å². The van der Waals surface area contributed by atoms with Crippen LogP contribution in [0.2, 0.25) is 10.0 Å². The van der Waals surface area contributed by atoms with Crippen LogP contribution < -0.4 is 5.49 Å². The molecule has 3 rings (SSSR count). The minimum absolute atomic E-state index is 0.0480. The van der Waals surface area contributed by atoms with Crippen molar-refractivity contribution in [3.8, 4) is 0 Å². The van der Waals surface area contributed by atoms with Gasteiger partial charge in [-0.25, -0.2) is 9.97 Å². The smallest absolute Gasteiger partial charge is 0.328 e. The molecule has 0 radical (unpaired) electrons. The zero-order valence-corrected chi connectivity index (χ0v) is 16.8. The second-order valence-electron chi connectivity index (χ2n) is 6.16. The summed E-state index contributed by atoms with van der Waals surface area (Å²) < 4.78 is 38.4. The van der Waals surface area contributed by atoms with Crippen LogP contribution in [0.1, 0.15) is 25.7 Å². The second kappa shape index (κ2) is 8.75. The topological polar surface area (TPSA) is 70.3 Å². The zero-order valence-electron chi connectivity index (χ0n) is 14.5. The van der Waals surface area contributed by atoms with Crippen molar-refractivity contribution in [2.75, 3.05) is 0 Å². The number of aryl methyl sites for hydroxylation is 1. The Labute approximate surface area is 172 Å². The maximum atomic E-state index is 12.2. The van der Waals surface area contributed by atoms with Gasteiger partial charge in [-0.3, -0.25) is 5.41 Å². The van der Waals surface area contributed by atoms with Crippen LogP contribution in [0, 0.1) is 5.41 Å². The van der Waals surface area contributed by atoms with Crippen LogP contribution in [0.25, 0.3) is 11.2 Å². The molecule has 3 aromatic rings. The summed E-state index contributed by atoms with van der Waals surface area (Å²) >= 11 is 13.3. The zero-order chi connectivity index (χ0) is 20.3. The number of imidazole rings is 1. The van der Waals surface area contributed by atoms with Gasteiger partial charge in [-0.2, -0.15) is 13.2 Å². The lowest BCUT2D eigenvalue weighted by Crippen LogP contribution is -2.13. The molecule has 0 fully saturated rings. The third-order valence-corrected chi connectivity index (χ3v) is 5.20. The van der Waals surface area contributed by atoms with Crippen molar-refractivity contribution in [1.29, 1.82) is 5.41 Å². The fourth-order valence-corrected chi connectivity index (χ4v) is 4.19. The molecule has 0 saturated heterocycles. The number of hydrogen-bond acceptors (Lipinski definition) is 4. The van der Waals surface area contributed by atoms with Crippen LogP contribution in [0.4, 0.5) is 13.2 Å². The fourth-order valence-electron chi connectivity index (χ4n) is 2.66. The molecular formula is C17H16Cl2F3N5S. The van der Waals surface area contributed by atoms with E-state index in [2.05, 4.69) is 15.0 Å². The Morgan fingerprint density at radius 3 is 2.50 bits per heavy atom. The number of halogens is 5. The number of alkyl halides is 3. The maximum absolute atomic E-state index is 12.2. The molecule has 2 aromatic heterocycles. The monoisotopic (exact) mass is 449 g/mol. The van der Waals surface area contributed by atoms with Crippen LogP contribution in [-0.4, -0.2) is 25.7 Å². The van der Waals surface area contributed by atoms with E-state index in [4.69, 9.17) is 28.6 Å². The molecule has 0 saturated carbocycles. The predicted octanol–water partition coefficient (Wildman–Crippen LogP) is 5.82. The standard InChI is InChI=1S/C17H16Cl2F3N5S/c18-10-6-11(19)8-12(7-10)28-16-25-13-14(23)24-9-27(15(13)26-16)5-3-1-2-4-17(20,21)22/h6-9,23H,1-5H2,(H,25,26). The summed E-state index contributed by atoms with van der Waals surface area (Å²) in [6.07, 6.45) is -2.30. The number of nitrogens with one attached hydrogen (secondary N) is 2. The van der Waals surface area contributed by atoms with Crippen molar-refractivity contribution >= 4 is 46.1 Å². The van der Waals surface area contributed by atoms with Gasteiger partial charge in [0.25, 0.3) is 0 Å². The number of aromatic amines is 1. The normalized spacial score (nSPS) is 12.0. The van der Waals surface area contributed by atoms with Gasteiger partial charge in [-0.05, 0) is 31.0 Å². The van der Waals surface area contributed by atoms with Crippen molar-refractivity contribution in [2.24, 2.45) is 0 Å². The molecule has 5 nitrogen and oxygen atoms in total. The average Bonchev–Trinajstić information content (AvgIpc) is 2.99. The van der Waals surface area contributed by atoms with Crippen LogP contribution >= 0.6 is 35.0 Å². The molecule has 1 aromatic carbocycles. The predicted molar refractivity (Wildman–Crippen MR) is 103 cm³/mol. The van der Waals surface area contributed by atoms with Gasteiger partial charge in [0, 0.05) is 27.9 Å². The van der Waals surface area contributed by atoms with E-state index in [9.17, 15) is 13.2 Å². The third kappa shape index (κ3) is 5.65. The van der Waals surface area contributed by atoms with Crippen molar-refractivity contribution in [3.05, 3.63) is 40.1 Å². The van der Waals surface area contributed by atoms with Crippen molar-refractivity contribution in [1.82, 2.24) is 19.5 Å². The highest BCUT2D eigenvalue weighted by molar-refractivity contribution is 7.99. The molecule has 0 unspecified atom stereocenters. The third-order valence-electron chi connectivity index (χ3n) is 3.91. The first kappa shape index (κ1) is 21.0. The molecule has 2 N–H and O–H groups in total. The van der Waals surface area contributed by atoms with Crippen molar-refractivity contribution in [3.63, 3.8) is 0 Å². The number of aromatic nitrogens is 4. The molecule has 0 bridgehead atoms. The van der Waals surface area contributed by atoms with Crippen LogP contribution in [0.5, 0.6) is 0 Å². The SMILES string of the molecule is N=c1ncn(CCCCCC(F)(F)F)c2nc(Sc3cc(Cl)cc(Cl)c3)[nH]c12. The molecule has 28 heavy (non-hydrogen) atoms. The van der Waals surface area contributed by atoms with Gasteiger partial charge in [-0.15, -0.1) is 0 Å². The van der Waals surface area contributed by atoms with E-state index in [1.807, 2.05) is 0 Å². The molecular weight excluding hydrogens is 434 g/mol. The summed E-state index contributed by atoms with van der Waals surface area (Å²) in [6.45, 7) is 0.472. The molecule has 0 spiro atoms. The molecule has 11 heteroatoms. The molecule has 0 aliphatic rings. The highest BCUT2D eigenvalue weighted by Gasteiger charge is 2.25. The maximum Gasteiger partial charge on any atom is 0.389 e. The number of rotatable bonds is 7. The molecule has 2 heterocycles. The van der Waals surface area contributed by atoms with Crippen LogP contribution in [0.3, 0.4) is 0 Å². The fraction of sp³-hybridized carbons (Fsp3) is 0.353. The summed E-state index contributed by atoms with van der Waals surface area (Å²) in [5.74, 6) is 0. The Balaban J connectivity index is 1.74. The van der Waals surface area contributed by atoms with Gasteiger partial charge < -0.3 is 9.55 Å². The molecule has 0 amide bonds. The van der Waals surface area contributed by atoms with Gasteiger partial charge >= 0.3 is 6.18 Å². The Morgan fingerprint density at radius 1 is 1.11 bits per heavy atom. The first-order chi connectivity index (χ1) is 13.2. The van der Waals surface area contributed by atoms with Crippen molar-refractivity contribution in [2.45, 2.75) is 48.5 Å². The summed E-state index contributed by atoms with van der Waals surface area (Å²) in [4.78, 5) is 12.4. The molecule has 0 aliphatic carbocycles. The van der Waals surface area contributed by atoms with Gasteiger partial charge in [-0.1, -0.05) is 41.4 Å². The van der Waals surface area contributed by atoms with Gasteiger partial charge in [0.05, 0.1) is 6.33 Å². The number of unbranched alkanes of at least 4 members (excludes halogenated alkanes) is 2. The lowest BCUT2D eigenvalue weighted by molar-refractivity contribution is -0.135. The van der Waals surface area contributed by atoms with E-state index in [-0.39, 0.29) is 11.9 Å². The quantitative estimate of drug-likeness (QED) is 0.446. The van der Waals surface area contributed by atoms with Crippen molar-refractivity contribution < 1.29 is 13.2 Å². The largest absolute Gasteiger partial charge is 0.389 e. The lowest BCUT2D eigenvalue weighted by Gasteiger charge is -2.08. The first-order valence-corrected chi connectivity index (χ1v) is 9.99. The molecule has 0 aliphatic heterocycles. The summed E-state index contributed by atoms with van der Waals surface area (Å²) in [6, 6.07) is 5.13. The van der Waals surface area contributed by atoms with E-state index >= 15 is 0 Å². The number of hydrogen-bond donors (Lipinski definition) is 2. The van der Waals surface area contributed by atoms with Gasteiger partial charge in [0.1, 0.15) is 5.52 Å². The average molecular weight is 450 g/mol. The van der Waals surface area contributed by atoms with E-state index in [1.165, 1.54) is 18.1 Å². The lowest BCUT2D eigenvalue weighted by atomic mass is 10.2. The molecule has 0 atom stereocenters. The highest BCUT2D eigenvalue weighted by atomic mass is 35.5. The first-order valence-electron chi connectivity index (χ1n) is 8.42. The van der Waals surface area contributed by atoms with E-state index in [0.717, 1.165) is 4.90 Å². The van der Waals surface area contributed by atoms with E-state index < -0.39 is 12.6 Å². The number of fused-ring (bicyclic) bond motifs is 1. The van der Waals surface area contributed by atoms with Gasteiger partial charge in [0.15, 0.2) is 16.3 Å². The van der Waals surface area contributed by atoms with E-state index in [0.29, 0.717) is 45.8 Å². The number of H-pyrrole nitrogens is 1. The Morgan fingerprint density at radius 2 is 1.82 bits per heavy atom. The minimum atomic E-state index is -4.12. The molecule has 150 valence electrons. The Bertz CT molecular complexity index is 1010. The van der Waals surface area contributed by atoms with Gasteiger partial charge in [0.2, 0.25) is 0 Å².